The first-order valence-corrected chi connectivity index (χ1v) is 11.4. The van der Waals surface area contributed by atoms with E-state index in [4.69, 9.17) is 0 Å². The summed E-state index contributed by atoms with van der Waals surface area (Å²) in [5.74, 6) is 1.97. The lowest BCUT2D eigenvalue weighted by Crippen LogP contribution is -2.48. The van der Waals surface area contributed by atoms with Gasteiger partial charge in [0.25, 0.3) is 0 Å². The Kier molecular flexibility index (Phi) is 10.1. The first-order valence-electron chi connectivity index (χ1n) is 10.4. The number of hydrogen-bond donors (Lipinski definition) is 1. The molecule has 4 heteroatoms. The summed E-state index contributed by atoms with van der Waals surface area (Å²) in [7, 11) is 0. The van der Waals surface area contributed by atoms with Crippen molar-refractivity contribution >= 4 is 11.8 Å². The Morgan fingerprint density at radius 1 is 0.885 bits per heavy atom. The van der Waals surface area contributed by atoms with Gasteiger partial charge in [0.05, 0.1) is 0 Å². The topological polar surface area (TPSA) is 18.5 Å². The number of nitrogens with one attached hydrogen (secondary N) is 1. The summed E-state index contributed by atoms with van der Waals surface area (Å²) in [6.45, 7) is 16.6. The second-order valence-electron chi connectivity index (χ2n) is 8.30. The molecule has 1 aliphatic rings. The molecule has 1 heterocycles. The predicted octanol–water partition coefficient (Wildman–Crippen LogP) is 4.20. The second-order valence-corrected chi connectivity index (χ2v) is 9.39. The highest BCUT2D eigenvalue weighted by Gasteiger charge is 2.18. The molecule has 1 N–H and O–H groups in total. The van der Waals surface area contributed by atoms with Crippen molar-refractivity contribution in [3.63, 3.8) is 0 Å². The summed E-state index contributed by atoms with van der Waals surface area (Å²) < 4.78 is 0. The van der Waals surface area contributed by atoms with Gasteiger partial charge in [0.2, 0.25) is 0 Å². The number of piperazine rings is 1. The largest absolute Gasteiger partial charge is 0.311 e. The molecule has 1 fully saturated rings. The Morgan fingerprint density at radius 3 is 2.00 bits per heavy atom. The SMILES string of the molecule is CC(C)CCN1CCN(CCC(CSc2ccccc2)NC(C)C)CC1. The first kappa shape index (κ1) is 21.7. The van der Waals surface area contributed by atoms with Crippen molar-refractivity contribution in [2.75, 3.05) is 45.0 Å². The smallest absolute Gasteiger partial charge is 0.0176 e. The van der Waals surface area contributed by atoms with E-state index in [1.165, 1.54) is 57.0 Å². The maximum absolute atomic E-state index is 3.77. The van der Waals surface area contributed by atoms with Crippen molar-refractivity contribution in [2.24, 2.45) is 5.92 Å². The number of thioether (sulfide) groups is 1. The van der Waals surface area contributed by atoms with Crippen molar-refractivity contribution in [1.29, 1.82) is 0 Å². The molecule has 1 unspecified atom stereocenters. The summed E-state index contributed by atoms with van der Waals surface area (Å²) in [4.78, 5) is 6.68. The van der Waals surface area contributed by atoms with Crippen LogP contribution in [0.15, 0.2) is 35.2 Å². The summed E-state index contributed by atoms with van der Waals surface area (Å²) in [5, 5.41) is 3.77. The third-order valence-electron chi connectivity index (χ3n) is 5.04. The molecule has 0 radical (unpaired) electrons. The Morgan fingerprint density at radius 2 is 1.46 bits per heavy atom. The van der Waals surface area contributed by atoms with Gasteiger partial charge in [-0.25, -0.2) is 0 Å². The molecule has 0 spiro atoms. The molecular weight excluding hydrogens is 338 g/mol. The quantitative estimate of drug-likeness (QED) is 0.582. The minimum atomic E-state index is 0.546. The minimum Gasteiger partial charge on any atom is -0.311 e. The minimum absolute atomic E-state index is 0.546. The Labute approximate surface area is 165 Å². The van der Waals surface area contributed by atoms with E-state index in [1.54, 1.807) is 0 Å². The number of nitrogens with zero attached hydrogens (tertiary/aromatic N) is 2. The number of benzene rings is 1. The molecule has 1 aromatic rings. The van der Waals surface area contributed by atoms with E-state index in [-0.39, 0.29) is 0 Å². The van der Waals surface area contributed by atoms with Crippen LogP contribution in [-0.4, -0.2) is 66.9 Å². The third-order valence-corrected chi connectivity index (χ3v) is 6.22. The van der Waals surface area contributed by atoms with E-state index in [2.05, 4.69) is 73.1 Å². The molecular formula is C22H39N3S. The zero-order valence-corrected chi connectivity index (χ0v) is 18.1. The molecule has 26 heavy (non-hydrogen) atoms. The van der Waals surface area contributed by atoms with Crippen molar-refractivity contribution in [1.82, 2.24) is 15.1 Å². The highest BCUT2D eigenvalue weighted by molar-refractivity contribution is 7.99. The van der Waals surface area contributed by atoms with E-state index in [0.29, 0.717) is 12.1 Å². The molecule has 1 saturated heterocycles. The van der Waals surface area contributed by atoms with Gasteiger partial charge in [0, 0.05) is 48.9 Å². The van der Waals surface area contributed by atoms with Crippen molar-refractivity contribution in [3.8, 4) is 0 Å². The maximum atomic E-state index is 3.77. The van der Waals surface area contributed by atoms with Crippen LogP contribution in [0.4, 0.5) is 0 Å². The Hall–Kier alpha value is -0.550. The lowest BCUT2D eigenvalue weighted by molar-refractivity contribution is 0.124. The van der Waals surface area contributed by atoms with Crippen LogP contribution in [0.5, 0.6) is 0 Å². The van der Waals surface area contributed by atoms with Gasteiger partial charge in [-0.15, -0.1) is 11.8 Å². The molecule has 2 rings (SSSR count). The molecule has 1 aliphatic heterocycles. The van der Waals surface area contributed by atoms with Crippen LogP contribution in [0.3, 0.4) is 0 Å². The van der Waals surface area contributed by atoms with Gasteiger partial charge in [-0.3, -0.25) is 0 Å². The lowest BCUT2D eigenvalue weighted by Gasteiger charge is -2.35. The van der Waals surface area contributed by atoms with E-state index in [9.17, 15) is 0 Å². The lowest BCUT2D eigenvalue weighted by atomic mass is 10.1. The van der Waals surface area contributed by atoms with Gasteiger partial charge in [0.15, 0.2) is 0 Å². The van der Waals surface area contributed by atoms with Crippen molar-refractivity contribution in [3.05, 3.63) is 30.3 Å². The molecule has 148 valence electrons. The standard InChI is InChI=1S/C22H39N3S/c1-19(2)10-12-24-14-16-25(17-15-24)13-11-21(23-20(3)4)18-26-22-8-6-5-7-9-22/h5-9,19-21,23H,10-18H2,1-4H3. The summed E-state index contributed by atoms with van der Waals surface area (Å²) in [6.07, 6.45) is 2.57. The number of hydrogen-bond acceptors (Lipinski definition) is 4. The molecule has 0 saturated carbocycles. The molecule has 0 amide bonds. The van der Waals surface area contributed by atoms with Gasteiger partial charge < -0.3 is 15.1 Å². The number of rotatable bonds is 11. The average molecular weight is 378 g/mol. The highest BCUT2D eigenvalue weighted by atomic mass is 32.2. The Bertz CT molecular complexity index is 470. The highest BCUT2D eigenvalue weighted by Crippen LogP contribution is 2.19. The third kappa shape index (κ3) is 8.90. The maximum Gasteiger partial charge on any atom is 0.0176 e. The summed E-state index contributed by atoms with van der Waals surface area (Å²) >= 11 is 1.98. The van der Waals surface area contributed by atoms with Crippen molar-refractivity contribution < 1.29 is 0 Å². The van der Waals surface area contributed by atoms with Crippen LogP contribution >= 0.6 is 11.8 Å². The predicted molar refractivity (Wildman–Crippen MR) is 116 cm³/mol. The molecule has 0 aromatic heterocycles. The monoisotopic (exact) mass is 377 g/mol. The van der Waals surface area contributed by atoms with Gasteiger partial charge in [-0.2, -0.15) is 0 Å². The van der Waals surface area contributed by atoms with E-state index >= 15 is 0 Å². The van der Waals surface area contributed by atoms with Crippen LogP contribution < -0.4 is 5.32 Å². The first-order chi connectivity index (χ1) is 12.5. The zero-order chi connectivity index (χ0) is 18.8. The molecule has 1 atom stereocenters. The van der Waals surface area contributed by atoms with E-state index in [1.807, 2.05) is 11.8 Å². The normalized spacial score (nSPS) is 17.9. The molecule has 1 aromatic carbocycles. The van der Waals surface area contributed by atoms with Crippen LogP contribution in [-0.2, 0) is 0 Å². The fourth-order valence-electron chi connectivity index (χ4n) is 3.42. The van der Waals surface area contributed by atoms with Crippen LogP contribution in [0.2, 0.25) is 0 Å². The molecule has 3 nitrogen and oxygen atoms in total. The fourth-order valence-corrected chi connectivity index (χ4v) is 4.42. The fraction of sp³-hybridized carbons (Fsp3) is 0.727. The van der Waals surface area contributed by atoms with Crippen LogP contribution in [0, 0.1) is 5.92 Å². The van der Waals surface area contributed by atoms with E-state index < -0.39 is 0 Å². The van der Waals surface area contributed by atoms with Gasteiger partial charge in [0.1, 0.15) is 0 Å². The Balaban J connectivity index is 1.70. The molecule has 0 aliphatic carbocycles. The molecule has 0 bridgehead atoms. The van der Waals surface area contributed by atoms with Crippen LogP contribution in [0.1, 0.15) is 40.5 Å². The average Bonchev–Trinajstić information content (AvgIpc) is 2.63. The van der Waals surface area contributed by atoms with Gasteiger partial charge in [-0.05, 0) is 44.0 Å². The van der Waals surface area contributed by atoms with Gasteiger partial charge in [-0.1, -0.05) is 45.9 Å². The summed E-state index contributed by atoms with van der Waals surface area (Å²) in [6, 6.07) is 11.9. The second kappa shape index (κ2) is 12.0. The van der Waals surface area contributed by atoms with Gasteiger partial charge >= 0.3 is 0 Å². The van der Waals surface area contributed by atoms with E-state index in [0.717, 1.165) is 11.7 Å². The van der Waals surface area contributed by atoms with Crippen LogP contribution in [0.25, 0.3) is 0 Å². The summed E-state index contributed by atoms with van der Waals surface area (Å²) in [5.41, 5.74) is 0. The van der Waals surface area contributed by atoms with Crippen molar-refractivity contribution in [2.45, 2.75) is 57.5 Å². The zero-order valence-electron chi connectivity index (χ0n) is 17.3.